The topological polar surface area (TPSA) is 56.7 Å². The summed E-state index contributed by atoms with van der Waals surface area (Å²) in [7, 11) is 0. The van der Waals surface area contributed by atoms with Gasteiger partial charge in [-0.05, 0) is 53.9 Å². The van der Waals surface area contributed by atoms with E-state index in [1.165, 1.54) is 22.3 Å². The van der Waals surface area contributed by atoms with Gasteiger partial charge in [0.25, 0.3) is 0 Å². The summed E-state index contributed by atoms with van der Waals surface area (Å²) in [4.78, 5) is 13.5. The Morgan fingerprint density at radius 1 is 0.933 bits per heavy atom. The van der Waals surface area contributed by atoms with Crippen molar-refractivity contribution in [1.29, 1.82) is 0 Å². The molecule has 5 aromatic rings. The van der Waals surface area contributed by atoms with Crippen molar-refractivity contribution < 1.29 is 24.5 Å². The Balaban J connectivity index is 0.00000218. The molecule has 1 radical (unpaired) electrons. The molecular formula is C24H19IrN4O-. The molecule has 0 aliphatic rings. The molecule has 5 nitrogen and oxygen atoms in total. The van der Waals surface area contributed by atoms with Crippen LogP contribution in [0.5, 0.6) is 0 Å². The van der Waals surface area contributed by atoms with Crippen molar-refractivity contribution >= 4 is 11.2 Å². The number of rotatable bonds is 3. The third-order valence-corrected chi connectivity index (χ3v) is 4.99. The zero-order chi connectivity index (χ0) is 20.0. The van der Waals surface area contributed by atoms with Gasteiger partial charge in [0.2, 0.25) is 0 Å². The molecule has 0 amide bonds. The molecule has 30 heavy (non-hydrogen) atoms. The van der Waals surface area contributed by atoms with E-state index in [0.29, 0.717) is 22.8 Å². The summed E-state index contributed by atoms with van der Waals surface area (Å²) in [6, 6.07) is 19.8. The molecule has 0 spiro atoms. The average molecular weight is 572 g/mol. The van der Waals surface area contributed by atoms with Gasteiger partial charge >= 0.3 is 0 Å². The van der Waals surface area contributed by atoms with E-state index < -0.39 is 0 Å². The summed E-state index contributed by atoms with van der Waals surface area (Å²) in [6.07, 6.45) is 3.74. The van der Waals surface area contributed by atoms with Crippen molar-refractivity contribution in [1.82, 2.24) is 19.5 Å². The third-order valence-electron chi connectivity index (χ3n) is 4.99. The summed E-state index contributed by atoms with van der Waals surface area (Å²) in [5.41, 5.74) is 7.68. The van der Waals surface area contributed by atoms with Gasteiger partial charge in [0.15, 0.2) is 5.89 Å². The second-order valence-corrected chi connectivity index (χ2v) is 7.12. The van der Waals surface area contributed by atoms with E-state index in [1.807, 2.05) is 19.2 Å². The Bertz CT molecular complexity index is 1320. The molecule has 6 heteroatoms. The van der Waals surface area contributed by atoms with Crippen LogP contribution < -0.4 is 0 Å². The molecule has 3 heterocycles. The standard InChI is InChI=1S/C24H19N4O.Ir/c1-15-13-19(18-7-5-4-6-8-18)14-16(2)22(15)28-12-11-25-24(28)20-9-10-21-23(27-20)26-17(3)29-21;/h4-8,10-14H,1-3H3;/q-1;. The maximum atomic E-state index is 5.52. The fourth-order valence-electron chi connectivity index (χ4n) is 3.78. The zero-order valence-corrected chi connectivity index (χ0v) is 19.2. The summed E-state index contributed by atoms with van der Waals surface area (Å²) < 4.78 is 7.58. The number of fused-ring (bicyclic) bond motifs is 1. The van der Waals surface area contributed by atoms with Crippen molar-refractivity contribution in [3.05, 3.63) is 84.0 Å². The normalized spacial score (nSPS) is 10.9. The number of imidazole rings is 1. The maximum Gasteiger partial charge on any atom is 0.179 e. The van der Waals surface area contributed by atoms with E-state index in [0.717, 1.165) is 11.5 Å². The molecule has 0 fully saturated rings. The largest absolute Gasteiger partial charge is 0.501 e. The van der Waals surface area contributed by atoms with Gasteiger partial charge in [-0.15, -0.1) is 12.1 Å². The Kier molecular flexibility index (Phi) is 5.37. The van der Waals surface area contributed by atoms with Crippen LogP contribution >= 0.6 is 0 Å². The fraction of sp³-hybridized carbons (Fsp3) is 0.125. The summed E-state index contributed by atoms with van der Waals surface area (Å²) >= 11 is 0. The molecule has 0 saturated heterocycles. The van der Waals surface area contributed by atoms with Gasteiger partial charge < -0.3 is 8.98 Å². The van der Waals surface area contributed by atoms with Crippen LogP contribution in [0.3, 0.4) is 0 Å². The molecule has 0 N–H and O–H groups in total. The van der Waals surface area contributed by atoms with Gasteiger partial charge in [0.05, 0.1) is 11.4 Å². The minimum absolute atomic E-state index is 0. The van der Waals surface area contributed by atoms with Crippen LogP contribution in [-0.4, -0.2) is 19.5 Å². The molecule has 3 aromatic heterocycles. The smallest absolute Gasteiger partial charge is 0.179 e. The molecule has 0 atom stereocenters. The van der Waals surface area contributed by atoms with Crippen LogP contribution in [-0.2, 0) is 20.1 Å². The summed E-state index contributed by atoms with van der Waals surface area (Å²) in [6.45, 7) is 6.06. The number of nitrogens with zero attached hydrogens (tertiary/aromatic N) is 4. The predicted octanol–water partition coefficient (Wildman–Crippen LogP) is 5.47. The number of hydrogen-bond acceptors (Lipinski definition) is 4. The molecule has 0 bridgehead atoms. The van der Waals surface area contributed by atoms with E-state index in [9.17, 15) is 0 Å². The Labute approximate surface area is 188 Å². The van der Waals surface area contributed by atoms with E-state index in [4.69, 9.17) is 4.42 Å². The van der Waals surface area contributed by atoms with Gasteiger partial charge in [0.1, 0.15) is 5.65 Å². The van der Waals surface area contributed by atoms with E-state index in [-0.39, 0.29) is 20.1 Å². The van der Waals surface area contributed by atoms with Crippen LogP contribution in [0.1, 0.15) is 17.0 Å². The first kappa shape index (κ1) is 20.2. The van der Waals surface area contributed by atoms with E-state index in [2.05, 4.69) is 75.8 Å². The van der Waals surface area contributed by atoms with Crippen molar-refractivity contribution in [2.75, 3.05) is 0 Å². The minimum Gasteiger partial charge on any atom is -0.501 e. The fourth-order valence-corrected chi connectivity index (χ4v) is 3.78. The number of aromatic nitrogens is 4. The van der Waals surface area contributed by atoms with Gasteiger partial charge in [0, 0.05) is 45.1 Å². The molecular weight excluding hydrogens is 553 g/mol. The van der Waals surface area contributed by atoms with Crippen molar-refractivity contribution in [3.63, 3.8) is 0 Å². The zero-order valence-electron chi connectivity index (χ0n) is 16.8. The third kappa shape index (κ3) is 3.49. The van der Waals surface area contributed by atoms with Crippen LogP contribution in [0.2, 0.25) is 0 Å². The first-order valence-electron chi connectivity index (χ1n) is 9.47. The molecule has 0 saturated carbocycles. The SMILES string of the molecule is Cc1nc2nc(-c3nccn3-c3c(C)cc(-c4ccccc4)cc3C)[c-]cc2o1.[Ir]. The second-order valence-electron chi connectivity index (χ2n) is 7.12. The number of pyridine rings is 1. The van der Waals surface area contributed by atoms with Gasteiger partial charge in [-0.2, -0.15) is 0 Å². The minimum atomic E-state index is 0. The molecule has 0 aliphatic carbocycles. The number of hydrogen-bond donors (Lipinski definition) is 0. The molecule has 0 unspecified atom stereocenters. The second kappa shape index (κ2) is 7.98. The van der Waals surface area contributed by atoms with E-state index in [1.54, 1.807) is 12.3 Å². The molecule has 151 valence electrons. The van der Waals surface area contributed by atoms with Crippen molar-refractivity contribution in [3.8, 4) is 28.3 Å². The van der Waals surface area contributed by atoms with Crippen molar-refractivity contribution in [2.45, 2.75) is 20.8 Å². The maximum absolute atomic E-state index is 5.52. The van der Waals surface area contributed by atoms with Crippen LogP contribution in [0.4, 0.5) is 0 Å². The average Bonchev–Trinajstić information content (AvgIpc) is 3.33. The van der Waals surface area contributed by atoms with Crippen molar-refractivity contribution in [2.24, 2.45) is 0 Å². The van der Waals surface area contributed by atoms with Crippen LogP contribution in [0.25, 0.3) is 39.6 Å². The quantitative estimate of drug-likeness (QED) is 0.270. The molecule has 0 aliphatic heterocycles. The first-order chi connectivity index (χ1) is 14.1. The number of benzene rings is 2. The number of aryl methyl sites for hydroxylation is 3. The Hall–Kier alpha value is -3.08. The van der Waals surface area contributed by atoms with Gasteiger partial charge in [-0.1, -0.05) is 30.3 Å². The van der Waals surface area contributed by atoms with Crippen LogP contribution in [0.15, 0.2) is 65.3 Å². The molecule has 5 rings (SSSR count). The number of oxazole rings is 1. The Morgan fingerprint density at radius 2 is 1.67 bits per heavy atom. The monoisotopic (exact) mass is 572 g/mol. The molecule has 2 aromatic carbocycles. The summed E-state index contributed by atoms with van der Waals surface area (Å²) in [5, 5.41) is 0. The van der Waals surface area contributed by atoms with Crippen LogP contribution in [0, 0.1) is 26.8 Å². The summed E-state index contributed by atoms with van der Waals surface area (Å²) in [5.74, 6) is 1.32. The Morgan fingerprint density at radius 3 is 2.40 bits per heavy atom. The first-order valence-corrected chi connectivity index (χ1v) is 9.47. The van der Waals surface area contributed by atoms with E-state index >= 15 is 0 Å². The predicted molar refractivity (Wildman–Crippen MR) is 113 cm³/mol. The van der Waals surface area contributed by atoms with Gasteiger partial charge in [-0.3, -0.25) is 9.97 Å². The van der Waals surface area contributed by atoms with Gasteiger partial charge in [-0.25, -0.2) is 4.98 Å².